The lowest BCUT2D eigenvalue weighted by Crippen LogP contribution is -2.40. The Morgan fingerprint density at radius 2 is 1.79 bits per heavy atom. The van der Waals surface area contributed by atoms with Crippen molar-refractivity contribution in [2.24, 2.45) is 14.1 Å². The molecular weight excluding hydrogens is 312 g/mol. The fraction of sp³-hybridized carbons (Fsp3) is 0.188. The standard InChI is InChI=1S/C16H18N4O4/c1-19-14(17)13(15(22)20(2)16(19)23)18-12(21)9-6-10-4-7-11(24-3)8-5-10/h4-9H,17H2,1-3H3,(H,18,21)/b9-6+. The molecule has 1 aromatic heterocycles. The Morgan fingerprint density at radius 1 is 1.17 bits per heavy atom. The van der Waals surface area contributed by atoms with Crippen molar-refractivity contribution in [1.82, 2.24) is 9.13 Å². The smallest absolute Gasteiger partial charge is 0.332 e. The highest BCUT2D eigenvalue weighted by atomic mass is 16.5. The van der Waals surface area contributed by atoms with E-state index in [1.807, 2.05) is 0 Å². The second kappa shape index (κ2) is 6.86. The van der Waals surface area contributed by atoms with Gasteiger partial charge in [0, 0.05) is 20.2 Å². The van der Waals surface area contributed by atoms with Crippen LogP contribution in [-0.4, -0.2) is 22.2 Å². The molecule has 0 unspecified atom stereocenters. The van der Waals surface area contributed by atoms with Gasteiger partial charge in [-0.2, -0.15) is 0 Å². The van der Waals surface area contributed by atoms with Crippen LogP contribution in [0.3, 0.4) is 0 Å². The van der Waals surface area contributed by atoms with Gasteiger partial charge in [-0.3, -0.25) is 18.7 Å². The highest BCUT2D eigenvalue weighted by Gasteiger charge is 2.14. The van der Waals surface area contributed by atoms with Crippen LogP contribution in [0.15, 0.2) is 39.9 Å². The number of anilines is 2. The number of nitrogens with one attached hydrogen (secondary N) is 1. The fourth-order valence-electron chi connectivity index (χ4n) is 2.03. The van der Waals surface area contributed by atoms with Gasteiger partial charge in [0.1, 0.15) is 17.3 Å². The highest BCUT2D eigenvalue weighted by Crippen LogP contribution is 2.13. The summed E-state index contributed by atoms with van der Waals surface area (Å²) in [5.74, 6) is 0.0700. The molecule has 2 rings (SSSR count). The van der Waals surface area contributed by atoms with E-state index in [4.69, 9.17) is 10.5 Å². The van der Waals surface area contributed by atoms with Gasteiger partial charge >= 0.3 is 5.69 Å². The van der Waals surface area contributed by atoms with E-state index in [1.165, 1.54) is 20.2 Å². The molecule has 1 amide bonds. The van der Waals surface area contributed by atoms with Crippen LogP contribution >= 0.6 is 0 Å². The molecule has 0 atom stereocenters. The van der Waals surface area contributed by atoms with Crippen molar-refractivity contribution in [3.63, 3.8) is 0 Å². The minimum absolute atomic E-state index is 0.103. The third kappa shape index (κ3) is 3.37. The molecule has 8 heteroatoms. The number of nitrogens with two attached hydrogens (primary N) is 1. The number of nitrogen functional groups attached to an aromatic ring is 1. The Labute approximate surface area is 137 Å². The van der Waals surface area contributed by atoms with Gasteiger partial charge in [-0.05, 0) is 23.8 Å². The van der Waals surface area contributed by atoms with Gasteiger partial charge in [-0.15, -0.1) is 0 Å². The van der Waals surface area contributed by atoms with E-state index in [0.29, 0.717) is 5.75 Å². The number of rotatable bonds is 4. The van der Waals surface area contributed by atoms with Crippen molar-refractivity contribution < 1.29 is 9.53 Å². The molecule has 8 nitrogen and oxygen atoms in total. The Hall–Kier alpha value is -3.29. The number of benzene rings is 1. The number of carbonyl (C=O) groups is 1. The lowest BCUT2D eigenvalue weighted by Gasteiger charge is -2.11. The number of ether oxygens (including phenoxy) is 1. The molecular formula is C16H18N4O4. The molecule has 0 aliphatic rings. The van der Waals surface area contributed by atoms with Crippen molar-refractivity contribution in [2.45, 2.75) is 0 Å². The van der Waals surface area contributed by atoms with Crippen molar-refractivity contribution >= 4 is 23.5 Å². The van der Waals surface area contributed by atoms with Crippen molar-refractivity contribution in [2.75, 3.05) is 18.2 Å². The third-order valence-electron chi connectivity index (χ3n) is 3.50. The molecule has 3 N–H and O–H groups in total. The van der Waals surface area contributed by atoms with Gasteiger partial charge in [0.25, 0.3) is 5.56 Å². The van der Waals surface area contributed by atoms with Gasteiger partial charge in [-0.25, -0.2) is 4.79 Å². The minimum Gasteiger partial charge on any atom is -0.497 e. The second-order valence-corrected chi connectivity index (χ2v) is 5.06. The molecule has 0 radical (unpaired) electrons. The first-order valence-electron chi connectivity index (χ1n) is 7.03. The number of hydrogen-bond donors (Lipinski definition) is 2. The Morgan fingerprint density at radius 3 is 2.38 bits per heavy atom. The molecule has 0 aliphatic carbocycles. The van der Waals surface area contributed by atoms with Crippen molar-refractivity contribution in [3.05, 3.63) is 56.7 Å². The zero-order chi connectivity index (χ0) is 17.9. The maximum Gasteiger partial charge on any atom is 0.332 e. The Balaban J connectivity index is 2.22. The monoisotopic (exact) mass is 330 g/mol. The quantitative estimate of drug-likeness (QED) is 0.785. The zero-order valence-corrected chi connectivity index (χ0v) is 13.6. The molecule has 0 aliphatic heterocycles. The molecule has 0 bridgehead atoms. The molecule has 0 spiro atoms. The van der Waals surface area contributed by atoms with Crippen LogP contribution in [0.5, 0.6) is 5.75 Å². The minimum atomic E-state index is -0.665. The summed E-state index contributed by atoms with van der Waals surface area (Å²) in [4.78, 5) is 35.8. The average Bonchev–Trinajstić information content (AvgIpc) is 2.60. The lowest BCUT2D eigenvalue weighted by molar-refractivity contribution is -0.111. The van der Waals surface area contributed by atoms with E-state index < -0.39 is 17.2 Å². The maximum atomic E-state index is 12.1. The SMILES string of the molecule is COc1ccc(/C=C/C(=O)Nc2c(N)n(C)c(=O)n(C)c2=O)cc1. The highest BCUT2D eigenvalue weighted by molar-refractivity contribution is 6.03. The summed E-state index contributed by atoms with van der Waals surface area (Å²) in [5.41, 5.74) is 5.16. The lowest BCUT2D eigenvalue weighted by atomic mass is 10.2. The molecule has 0 fully saturated rings. The molecule has 126 valence electrons. The Bertz CT molecular complexity index is 907. The zero-order valence-electron chi connectivity index (χ0n) is 13.6. The summed E-state index contributed by atoms with van der Waals surface area (Å²) in [6, 6.07) is 7.08. The van der Waals surface area contributed by atoms with E-state index in [2.05, 4.69) is 5.32 Å². The van der Waals surface area contributed by atoms with Crippen LogP contribution in [0.2, 0.25) is 0 Å². The third-order valence-corrected chi connectivity index (χ3v) is 3.50. The van der Waals surface area contributed by atoms with Gasteiger partial charge in [0.2, 0.25) is 5.91 Å². The molecule has 1 aromatic carbocycles. The Kier molecular flexibility index (Phi) is 4.88. The summed E-state index contributed by atoms with van der Waals surface area (Å²) in [6.07, 6.45) is 2.85. The summed E-state index contributed by atoms with van der Waals surface area (Å²) < 4.78 is 7.01. The summed E-state index contributed by atoms with van der Waals surface area (Å²) in [5, 5.41) is 2.41. The van der Waals surface area contributed by atoms with Crippen LogP contribution < -0.4 is 27.0 Å². The summed E-state index contributed by atoms with van der Waals surface area (Å²) >= 11 is 0. The van der Waals surface area contributed by atoms with Gasteiger partial charge in [0.05, 0.1) is 7.11 Å². The van der Waals surface area contributed by atoms with E-state index in [9.17, 15) is 14.4 Å². The summed E-state index contributed by atoms with van der Waals surface area (Å²) in [7, 11) is 4.29. The topological polar surface area (TPSA) is 108 Å². The molecule has 24 heavy (non-hydrogen) atoms. The first kappa shape index (κ1) is 17.1. The van der Waals surface area contributed by atoms with E-state index in [1.54, 1.807) is 37.5 Å². The van der Waals surface area contributed by atoms with Crippen molar-refractivity contribution in [3.8, 4) is 5.75 Å². The second-order valence-electron chi connectivity index (χ2n) is 5.06. The first-order chi connectivity index (χ1) is 11.3. The van der Waals surface area contributed by atoms with Crippen LogP contribution in [0.1, 0.15) is 5.56 Å². The van der Waals surface area contributed by atoms with Crippen molar-refractivity contribution in [1.29, 1.82) is 0 Å². The fourth-order valence-corrected chi connectivity index (χ4v) is 2.03. The average molecular weight is 330 g/mol. The van der Waals surface area contributed by atoms with Crippen LogP contribution in [0.25, 0.3) is 6.08 Å². The van der Waals surface area contributed by atoms with Gasteiger partial charge in [-0.1, -0.05) is 12.1 Å². The summed E-state index contributed by atoms with van der Waals surface area (Å²) in [6.45, 7) is 0. The molecule has 1 heterocycles. The molecule has 2 aromatic rings. The predicted octanol–water partition coefficient (Wildman–Crippen LogP) is 0.327. The predicted molar refractivity (Wildman–Crippen MR) is 92.0 cm³/mol. The number of hydrogen-bond acceptors (Lipinski definition) is 5. The van der Waals surface area contributed by atoms with Gasteiger partial charge in [0.15, 0.2) is 0 Å². The van der Waals surface area contributed by atoms with Gasteiger partial charge < -0.3 is 15.8 Å². The van der Waals surface area contributed by atoms with E-state index in [-0.39, 0.29) is 11.5 Å². The number of nitrogens with zero attached hydrogens (tertiary/aromatic N) is 2. The van der Waals surface area contributed by atoms with Crippen LogP contribution in [-0.2, 0) is 18.9 Å². The molecule has 0 saturated heterocycles. The number of aromatic nitrogens is 2. The number of carbonyl (C=O) groups excluding carboxylic acids is 1. The largest absolute Gasteiger partial charge is 0.497 e. The van der Waals surface area contributed by atoms with E-state index in [0.717, 1.165) is 14.7 Å². The normalized spacial score (nSPS) is 10.8. The molecule has 0 saturated carbocycles. The van der Waals surface area contributed by atoms with Crippen LogP contribution in [0.4, 0.5) is 11.5 Å². The van der Waals surface area contributed by atoms with E-state index >= 15 is 0 Å². The first-order valence-corrected chi connectivity index (χ1v) is 7.03. The number of methoxy groups -OCH3 is 1. The van der Waals surface area contributed by atoms with Crippen LogP contribution in [0, 0.1) is 0 Å². The number of amides is 1. The maximum absolute atomic E-state index is 12.1.